The lowest BCUT2D eigenvalue weighted by Gasteiger charge is -2.34. The zero-order chi connectivity index (χ0) is 19.2. The van der Waals surface area contributed by atoms with E-state index in [0.29, 0.717) is 49.9 Å². The Kier molecular flexibility index (Phi) is 6.83. The number of carbonyl (C=O) groups is 2. The minimum Gasteiger partial charge on any atom is -0.343 e. The lowest BCUT2D eigenvalue weighted by atomic mass is 9.83. The van der Waals surface area contributed by atoms with Crippen LogP contribution in [0.25, 0.3) is 0 Å². The number of nitrogens with one attached hydrogen (secondary N) is 2. The fraction of sp³-hybridized carbons (Fsp3) is 0.619. The summed E-state index contributed by atoms with van der Waals surface area (Å²) in [6.07, 6.45) is 4.28. The molecule has 2 aliphatic rings. The number of amides is 2. The Balaban J connectivity index is 1.42. The Bertz CT molecular complexity index is 635. The normalized spacial score (nSPS) is 20.3. The van der Waals surface area contributed by atoms with Gasteiger partial charge in [-0.15, -0.1) is 0 Å². The van der Waals surface area contributed by atoms with Crippen molar-refractivity contribution in [3.63, 3.8) is 0 Å². The lowest BCUT2D eigenvalue weighted by molar-refractivity contribution is -0.135. The quantitative estimate of drug-likeness (QED) is 0.832. The van der Waals surface area contributed by atoms with Gasteiger partial charge in [-0.1, -0.05) is 6.92 Å². The largest absolute Gasteiger partial charge is 0.343 e. The van der Waals surface area contributed by atoms with Crippen LogP contribution in [0, 0.1) is 23.6 Å². The zero-order valence-electron chi connectivity index (χ0n) is 16.0. The minimum atomic E-state index is -0.321. The molecule has 2 saturated heterocycles. The summed E-state index contributed by atoms with van der Waals surface area (Å²) >= 11 is 0. The van der Waals surface area contributed by atoms with Crippen LogP contribution in [0.1, 0.15) is 39.0 Å². The van der Waals surface area contributed by atoms with E-state index < -0.39 is 0 Å². The molecular formula is C21H30FN3O2. The number of hydrogen-bond donors (Lipinski definition) is 2. The topological polar surface area (TPSA) is 61.4 Å². The number of hydrogen-bond acceptors (Lipinski definition) is 3. The molecule has 2 heterocycles. The first kappa shape index (κ1) is 19.8. The Hall–Kier alpha value is -1.95. The van der Waals surface area contributed by atoms with Gasteiger partial charge in [-0.3, -0.25) is 9.59 Å². The molecule has 0 aromatic heterocycles. The Morgan fingerprint density at radius 1 is 1.15 bits per heavy atom. The first-order valence-corrected chi connectivity index (χ1v) is 10.1. The van der Waals surface area contributed by atoms with Crippen LogP contribution >= 0.6 is 0 Å². The van der Waals surface area contributed by atoms with Crippen LogP contribution < -0.4 is 10.6 Å². The van der Waals surface area contributed by atoms with E-state index in [1.807, 2.05) is 4.90 Å². The standard InChI is InChI=1S/C21H30FN3O2/c1-15(16-6-10-23-11-7-16)14-20(26)25-12-8-17(9-13-25)21(27)24-19-4-2-18(22)3-5-19/h2-5,15-17,23H,6-14H2,1H3,(H,24,27). The third-order valence-electron chi connectivity index (χ3n) is 6.02. The molecule has 0 aliphatic carbocycles. The number of likely N-dealkylation sites (tertiary alicyclic amines) is 1. The molecule has 0 spiro atoms. The second kappa shape index (κ2) is 9.31. The van der Waals surface area contributed by atoms with Crippen molar-refractivity contribution in [3.05, 3.63) is 30.1 Å². The van der Waals surface area contributed by atoms with Crippen LogP contribution in [-0.4, -0.2) is 42.9 Å². The van der Waals surface area contributed by atoms with E-state index in [1.54, 1.807) is 12.1 Å². The van der Waals surface area contributed by atoms with Crippen molar-refractivity contribution in [2.24, 2.45) is 17.8 Å². The molecule has 148 valence electrons. The predicted octanol–water partition coefficient (Wildman–Crippen LogP) is 3.03. The lowest BCUT2D eigenvalue weighted by Crippen LogP contribution is -2.42. The summed E-state index contributed by atoms with van der Waals surface area (Å²) in [4.78, 5) is 26.9. The number of piperidine rings is 2. The SMILES string of the molecule is CC(CC(=O)N1CCC(C(=O)Nc2ccc(F)cc2)CC1)C1CCNCC1. The summed E-state index contributed by atoms with van der Waals surface area (Å²) in [6, 6.07) is 5.79. The monoisotopic (exact) mass is 375 g/mol. The van der Waals surface area contributed by atoms with E-state index in [9.17, 15) is 14.0 Å². The van der Waals surface area contributed by atoms with E-state index in [0.717, 1.165) is 25.9 Å². The molecule has 0 saturated carbocycles. The average molecular weight is 375 g/mol. The molecule has 2 amide bonds. The predicted molar refractivity (Wildman–Crippen MR) is 104 cm³/mol. The maximum atomic E-state index is 13.0. The summed E-state index contributed by atoms with van der Waals surface area (Å²) in [5, 5.41) is 6.21. The number of anilines is 1. The van der Waals surface area contributed by atoms with Gasteiger partial charge >= 0.3 is 0 Å². The van der Waals surface area contributed by atoms with Crippen LogP contribution in [-0.2, 0) is 9.59 Å². The van der Waals surface area contributed by atoms with Gasteiger partial charge in [0.15, 0.2) is 0 Å². The van der Waals surface area contributed by atoms with Crippen molar-refractivity contribution in [2.45, 2.75) is 39.0 Å². The highest BCUT2D eigenvalue weighted by atomic mass is 19.1. The van der Waals surface area contributed by atoms with Crippen molar-refractivity contribution in [3.8, 4) is 0 Å². The van der Waals surface area contributed by atoms with E-state index in [4.69, 9.17) is 0 Å². The summed E-state index contributed by atoms with van der Waals surface area (Å²) < 4.78 is 13.0. The molecule has 1 unspecified atom stereocenters. The molecule has 6 heteroatoms. The van der Waals surface area contributed by atoms with Crippen molar-refractivity contribution in [1.82, 2.24) is 10.2 Å². The van der Waals surface area contributed by atoms with Crippen molar-refractivity contribution in [1.29, 1.82) is 0 Å². The second-order valence-corrected chi connectivity index (χ2v) is 7.92. The van der Waals surface area contributed by atoms with Gasteiger partial charge in [0.25, 0.3) is 0 Å². The molecule has 2 fully saturated rings. The Morgan fingerprint density at radius 3 is 2.41 bits per heavy atom. The molecule has 1 atom stereocenters. The van der Waals surface area contributed by atoms with Crippen LogP contribution in [0.3, 0.4) is 0 Å². The summed E-state index contributed by atoms with van der Waals surface area (Å²) in [5.41, 5.74) is 0.607. The van der Waals surface area contributed by atoms with E-state index in [2.05, 4.69) is 17.6 Å². The Morgan fingerprint density at radius 2 is 1.78 bits per heavy atom. The molecule has 5 nitrogen and oxygen atoms in total. The first-order chi connectivity index (χ1) is 13.0. The van der Waals surface area contributed by atoms with E-state index in [-0.39, 0.29) is 23.5 Å². The Labute approximate surface area is 160 Å². The molecule has 1 aromatic carbocycles. The minimum absolute atomic E-state index is 0.0446. The molecule has 0 radical (unpaired) electrons. The maximum absolute atomic E-state index is 13.0. The summed E-state index contributed by atoms with van der Waals surface area (Å²) in [6.45, 7) is 5.57. The van der Waals surface area contributed by atoms with Crippen LogP contribution in [0.4, 0.5) is 10.1 Å². The molecular weight excluding hydrogens is 345 g/mol. The van der Waals surface area contributed by atoms with Gasteiger partial charge in [-0.2, -0.15) is 0 Å². The number of benzene rings is 1. The third-order valence-corrected chi connectivity index (χ3v) is 6.02. The molecule has 27 heavy (non-hydrogen) atoms. The van der Waals surface area contributed by atoms with Gasteiger partial charge in [0.05, 0.1) is 0 Å². The van der Waals surface area contributed by atoms with Gasteiger partial charge < -0.3 is 15.5 Å². The van der Waals surface area contributed by atoms with Crippen molar-refractivity contribution >= 4 is 17.5 Å². The second-order valence-electron chi connectivity index (χ2n) is 7.92. The zero-order valence-corrected chi connectivity index (χ0v) is 16.0. The third kappa shape index (κ3) is 5.51. The number of halogens is 1. The fourth-order valence-electron chi connectivity index (χ4n) is 4.15. The van der Waals surface area contributed by atoms with Gasteiger partial charge in [-0.25, -0.2) is 4.39 Å². The van der Waals surface area contributed by atoms with Gasteiger partial charge in [0, 0.05) is 31.1 Å². The first-order valence-electron chi connectivity index (χ1n) is 10.1. The maximum Gasteiger partial charge on any atom is 0.227 e. The molecule has 0 bridgehead atoms. The highest BCUT2D eigenvalue weighted by Crippen LogP contribution is 2.26. The smallest absolute Gasteiger partial charge is 0.227 e. The summed E-state index contributed by atoms with van der Waals surface area (Å²) in [5.74, 6) is 0.808. The van der Waals surface area contributed by atoms with Gasteiger partial charge in [-0.05, 0) is 74.9 Å². The number of carbonyl (C=O) groups excluding carboxylic acids is 2. The van der Waals surface area contributed by atoms with E-state index in [1.165, 1.54) is 12.1 Å². The van der Waals surface area contributed by atoms with Crippen molar-refractivity contribution in [2.75, 3.05) is 31.5 Å². The summed E-state index contributed by atoms with van der Waals surface area (Å²) in [7, 11) is 0. The number of nitrogens with zero attached hydrogens (tertiary/aromatic N) is 1. The van der Waals surface area contributed by atoms with Crippen LogP contribution in [0.15, 0.2) is 24.3 Å². The average Bonchev–Trinajstić information content (AvgIpc) is 2.70. The highest BCUT2D eigenvalue weighted by Gasteiger charge is 2.29. The molecule has 2 aliphatic heterocycles. The van der Waals surface area contributed by atoms with Crippen LogP contribution in [0.5, 0.6) is 0 Å². The molecule has 3 rings (SSSR count). The highest BCUT2D eigenvalue weighted by molar-refractivity contribution is 5.92. The van der Waals surface area contributed by atoms with Crippen molar-refractivity contribution < 1.29 is 14.0 Å². The van der Waals surface area contributed by atoms with E-state index >= 15 is 0 Å². The van der Waals surface area contributed by atoms with Crippen LogP contribution in [0.2, 0.25) is 0 Å². The molecule has 2 N–H and O–H groups in total. The molecule has 1 aromatic rings. The number of rotatable bonds is 5. The van der Waals surface area contributed by atoms with Gasteiger partial charge in [0.1, 0.15) is 5.82 Å². The van der Waals surface area contributed by atoms with Gasteiger partial charge in [0.2, 0.25) is 11.8 Å². The fourth-order valence-corrected chi connectivity index (χ4v) is 4.15.